The summed E-state index contributed by atoms with van der Waals surface area (Å²) in [4.78, 5) is 25.2. The molecule has 0 aromatic heterocycles. The number of anilines is 1. The molecule has 2 saturated carbocycles. The maximum atomic E-state index is 13.2. The lowest BCUT2D eigenvalue weighted by atomic mass is 9.64. The third-order valence-corrected chi connectivity index (χ3v) is 5.33. The van der Waals surface area contributed by atoms with Gasteiger partial charge in [0.15, 0.2) is 0 Å². The van der Waals surface area contributed by atoms with Crippen LogP contribution in [0, 0.1) is 5.82 Å². The lowest BCUT2D eigenvalue weighted by Crippen LogP contribution is -2.46. The average Bonchev–Trinajstić information content (AvgIpc) is 3.40. The molecule has 0 spiro atoms. The Morgan fingerprint density at radius 1 is 1.04 bits per heavy atom. The molecule has 0 saturated heterocycles. The van der Waals surface area contributed by atoms with Crippen molar-refractivity contribution < 1.29 is 14.0 Å². The molecule has 2 fully saturated rings. The quantitative estimate of drug-likeness (QED) is 0.860. The van der Waals surface area contributed by atoms with E-state index in [1.807, 2.05) is 0 Å². The number of amides is 2. The van der Waals surface area contributed by atoms with Crippen molar-refractivity contribution in [2.45, 2.75) is 43.6 Å². The molecule has 0 aliphatic heterocycles. The minimum atomic E-state index is -0.611. The predicted octanol–water partition coefficient (Wildman–Crippen LogP) is 3.78. The van der Waals surface area contributed by atoms with Crippen LogP contribution in [0.4, 0.5) is 10.1 Å². The Balaban J connectivity index is 1.51. The fourth-order valence-electron chi connectivity index (χ4n) is 3.43. The number of halogens is 1. The van der Waals surface area contributed by atoms with E-state index in [1.165, 1.54) is 12.1 Å². The van der Waals surface area contributed by atoms with Crippen molar-refractivity contribution in [3.8, 4) is 0 Å². The van der Waals surface area contributed by atoms with Gasteiger partial charge in [-0.2, -0.15) is 0 Å². The maximum absolute atomic E-state index is 13.2. The lowest BCUT2D eigenvalue weighted by Gasteiger charge is -2.40. The number of benzene rings is 2. The summed E-state index contributed by atoms with van der Waals surface area (Å²) in [5, 5.41) is 5.90. The van der Waals surface area contributed by atoms with Crippen LogP contribution in [-0.2, 0) is 10.2 Å². The first kappa shape index (κ1) is 16.8. The van der Waals surface area contributed by atoms with Gasteiger partial charge in [0, 0.05) is 17.3 Å². The van der Waals surface area contributed by atoms with Gasteiger partial charge in [0.1, 0.15) is 5.82 Å². The third kappa shape index (κ3) is 3.21. The summed E-state index contributed by atoms with van der Waals surface area (Å²) in [6, 6.07) is 13.4. The van der Waals surface area contributed by atoms with Crippen molar-refractivity contribution in [3.63, 3.8) is 0 Å². The lowest BCUT2D eigenvalue weighted by molar-refractivity contribution is -0.124. The Morgan fingerprint density at radius 3 is 2.38 bits per heavy atom. The van der Waals surface area contributed by atoms with Crippen LogP contribution >= 0.6 is 0 Å². The number of rotatable bonds is 5. The zero-order valence-corrected chi connectivity index (χ0v) is 14.4. The smallest absolute Gasteiger partial charge is 0.251 e. The second-order valence-electron chi connectivity index (χ2n) is 7.23. The number of carbonyl (C=O) groups excluding carboxylic acids is 2. The number of carbonyl (C=O) groups is 2. The van der Waals surface area contributed by atoms with E-state index in [9.17, 15) is 14.0 Å². The molecule has 0 bridgehead atoms. The maximum Gasteiger partial charge on any atom is 0.251 e. The highest BCUT2D eigenvalue weighted by molar-refractivity contribution is 6.01. The normalized spacial score (nSPS) is 17.9. The number of hydrogen-bond acceptors (Lipinski definition) is 2. The van der Waals surface area contributed by atoms with E-state index in [0.29, 0.717) is 11.3 Å². The first-order valence-electron chi connectivity index (χ1n) is 9.05. The molecule has 0 atom stereocenters. The summed E-state index contributed by atoms with van der Waals surface area (Å²) in [5.41, 5.74) is 1.37. The van der Waals surface area contributed by atoms with Crippen LogP contribution in [0.1, 0.15) is 48.0 Å². The van der Waals surface area contributed by atoms with Crippen LogP contribution in [0.2, 0.25) is 0 Å². The van der Waals surface area contributed by atoms with E-state index in [4.69, 9.17) is 0 Å². The van der Waals surface area contributed by atoms with Gasteiger partial charge in [-0.25, -0.2) is 4.39 Å². The molecular weight excluding hydrogens is 331 g/mol. The summed E-state index contributed by atoms with van der Waals surface area (Å²) in [6.07, 6.45) is 4.51. The van der Waals surface area contributed by atoms with Gasteiger partial charge in [-0.3, -0.25) is 9.59 Å². The second kappa shape index (κ2) is 6.56. The molecule has 2 amide bonds. The van der Waals surface area contributed by atoms with Crippen LogP contribution in [0.15, 0.2) is 48.5 Å². The Morgan fingerprint density at radius 2 is 1.77 bits per heavy atom. The average molecular weight is 352 g/mol. The number of hydrogen-bond donors (Lipinski definition) is 2. The molecule has 4 rings (SSSR count). The zero-order chi connectivity index (χ0) is 18.1. The van der Waals surface area contributed by atoms with E-state index in [1.54, 1.807) is 36.4 Å². The molecule has 134 valence electrons. The molecule has 0 heterocycles. The fourth-order valence-corrected chi connectivity index (χ4v) is 3.43. The van der Waals surface area contributed by atoms with Crippen molar-refractivity contribution in [2.24, 2.45) is 0 Å². The minimum absolute atomic E-state index is 0.102. The summed E-state index contributed by atoms with van der Waals surface area (Å²) in [5.74, 6) is -0.520. The van der Waals surface area contributed by atoms with Crippen molar-refractivity contribution in [3.05, 3.63) is 65.5 Å². The minimum Gasteiger partial charge on any atom is -0.349 e. The van der Waals surface area contributed by atoms with Crippen LogP contribution < -0.4 is 10.6 Å². The van der Waals surface area contributed by atoms with Gasteiger partial charge in [0.05, 0.1) is 5.41 Å². The van der Waals surface area contributed by atoms with Gasteiger partial charge >= 0.3 is 0 Å². The van der Waals surface area contributed by atoms with Crippen molar-refractivity contribution >= 4 is 17.5 Å². The molecule has 5 heteroatoms. The molecule has 2 N–H and O–H groups in total. The van der Waals surface area contributed by atoms with Gasteiger partial charge < -0.3 is 10.6 Å². The topological polar surface area (TPSA) is 58.2 Å². The Labute approximate surface area is 151 Å². The fraction of sp³-hybridized carbons (Fsp3) is 0.333. The number of nitrogens with one attached hydrogen (secondary N) is 2. The van der Waals surface area contributed by atoms with Gasteiger partial charge in [-0.15, -0.1) is 0 Å². The van der Waals surface area contributed by atoms with Gasteiger partial charge in [-0.05, 0) is 61.6 Å². The van der Waals surface area contributed by atoms with E-state index in [2.05, 4.69) is 10.6 Å². The van der Waals surface area contributed by atoms with E-state index in [-0.39, 0.29) is 23.7 Å². The SMILES string of the molecule is O=C(NC1CC1)c1cccc(NC(=O)C2(c3ccc(F)cc3)CCC2)c1. The molecular formula is C21H21FN2O2. The van der Waals surface area contributed by atoms with E-state index < -0.39 is 5.41 Å². The molecule has 4 nitrogen and oxygen atoms in total. The molecule has 2 aromatic rings. The molecule has 26 heavy (non-hydrogen) atoms. The Kier molecular flexibility index (Phi) is 4.23. The van der Waals surface area contributed by atoms with Gasteiger partial charge in [-0.1, -0.05) is 24.6 Å². The van der Waals surface area contributed by atoms with Crippen molar-refractivity contribution in [1.82, 2.24) is 5.32 Å². The molecule has 2 aromatic carbocycles. The largest absolute Gasteiger partial charge is 0.349 e. The van der Waals surface area contributed by atoms with Crippen molar-refractivity contribution in [2.75, 3.05) is 5.32 Å². The first-order chi connectivity index (χ1) is 12.6. The summed E-state index contributed by atoms with van der Waals surface area (Å²) in [6.45, 7) is 0. The summed E-state index contributed by atoms with van der Waals surface area (Å²) >= 11 is 0. The van der Waals surface area contributed by atoms with Crippen LogP contribution in [0.25, 0.3) is 0 Å². The Bertz CT molecular complexity index is 839. The Hall–Kier alpha value is -2.69. The highest BCUT2D eigenvalue weighted by atomic mass is 19.1. The first-order valence-corrected chi connectivity index (χ1v) is 9.05. The monoisotopic (exact) mass is 352 g/mol. The molecule has 0 radical (unpaired) electrons. The van der Waals surface area contributed by atoms with Crippen molar-refractivity contribution in [1.29, 1.82) is 0 Å². The van der Waals surface area contributed by atoms with E-state index >= 15 is 0 Å². The molecule has 2 aliphatic rings. The zero-order valence-electron chi connectivity index (χ0n) is 14.4. The highest BCUT2D eigenvalue weighted by Gasteiger charge is 2.45. The molecule has 0 unspecified atom stereocenters. The molecule has 2 aliphatic carbocycles. The predicted molar refractivity (Wildman–Crippen MR) is 97.5 cm³/mol. The van der Waals surface area contributed by atoms with Crippen LogP contribution in [0.3, 0.4) is 0 Å². The van der Waals surface area contributed by atoms with Crippen LogP contribution in [-0.4, -0.2) is 17.9 Å². The third-order valence-electron chi connectivity index (χ3n) is 5.33. The van der Waals surface area contributed by atoms with Gasteiger partial charge in [0.2, 0.25) is 5.91 Å². The summed E-state index contributed by atoms with van der Waals surface area (Å²) < 4.78 is 13.2. The van der Waals surface area contributed by atoms with E-state index in [0.717, 1.165) is 37.7 Å². The van der Waals surface area contributed by atoms with Gasteiger partial charge in [0.25, 0.3) is 5.91 Å². The second-order valence-corrected chi connectivity index (χ2v) is 7.23. The summed E-state index contributed by atoms with van der Waals surface area (Å²) in [7, 11) is 0. The standard InChI is InChI=1S/C21H21FN2O2/c22-16-7-5-15(6-8-16)21(11-2-12-21)20(26)24-18-4-1-3-14(13-18)19(25)23-17-9-10-17/h1,3-8,13,17H,2,9-12H2,(H,23,25)(H,24,26). The highest BCUT2D eigenvalue weighted by Crippen LogP contribution is 2.44. The van der Waals surface area contributed by atoms with Crippen LogP contribution in [0.5, 0.6) is 0 Å².